The summed E-state index contributed by atoms with van der Waals surface area (Å²) in [7, 11) is 0. The summed E-state index contributed by atoms with van der Waals surface area (Å²) in [5.41, 5.74) is 8.42. The summed E-state index contributed by atoms with van der Waals surface area (Å²) in [6.45, 7) is 2.91. The molecule has 0 spiro atoms. The van der Waals surface area contributed by atoms with E-state index in [-0.39, 0.29) is 5.91 Å². The number of piperidine rings is 1. The number of carbonyl (C=O) groups excluding carboxylic acids is 1. The van der Waals surface area contributed by atoms with Crippen LogP contribution in [0.5, 0.6) is 0 Å². The molecule has 1 saturated carbocycles. The number of carbonyl (C=O) groups is 1. The maximum absolute atomic E-state index is 12.9. The minimum Gasteiger partial charge on any atom is -0.398 e. The average Bonchev–Trinajstić information content (AvgIpc) is 2.48. The quantitative estimate of drug-likeness (QED) is 0.797. The van der Waals surface area contributed by atoms with E-state index in [1.807, 2.05) is 25.1 Å². The Morgan fingerprint density at radius 1 is 1.20 bits per heavy atom. The Bertz CT molecular complexity index is 510. The lowest BCUT2D eigenvalue weighted by atomic mass is 9.78. The summed E-state index contributed by atoms with van der Waals surface area (Å²) in [5, 5.41) is 0. The van der Waals surface area contributed by atoms with Crippen LogP contribution in [0.4, 0.5) is 5.69 Å². The van der Waals surface area contributed by atoms with Crippen LogP contribution in [-0.4, -0.2) is 23.4 Å². The van der Waals surface area contributed by atoms with Gasteiger partial charge in [0.15, 0.2) is 0 Å². The molecule has 0 radical (unpaired) electrons. The van der Waals surface area contributed by atoms with Gasteiger partial charge in [-0.25, -0.2) is 0 Å². The molecule has 1 aliphatic heterocycles. The number of benzene rings is 1. The molecule has 0 bridgehead atoms. The molecule has 3 rings (SSSR count). The van der Waals surface area contributed by atoms with Crippen molar-refractivity contribution >= 4 is 11.6 Å². The topological polar surface area (TPSA) is 46.3 Å². The molecular formula is C17H24N2O. The summed E-state index contributed by atoms with van der Waals surface area (Å²) in [4.78, 5) is 15.0. The third-order valence-electron chi connectivity index (χ3n) is 4.94. The highest BCUT2D eigenvalue weighted by Crippen LogP contribution is 2.36. The second-order valence-corrected chi connectivity index (χ2v) is 6.34. The van der Waals surface area contributed by atoms with Crippen LogP contribution in [0, 0.1) is 12.8 Å². The second-order valence-electron chi connectivity index (χ2n) is 6.34. The van der Waals surface area contributed by atoms with E-state index in [9.17, 15) is 4.79 Å². The maximum Gasteiger partial charge on any atom is 0.256 e. The van der Waals surface area contributed by atoms with Gasteiger partial charge in [-0.1, -0.05) is 24.5 Å². The van der Waals surface area contributed by atoms with Crippen molar-refractivity contribution in [3.05, 3.63) is 29.3 Å². The number of anilines is 1. The lowest BCUT2D eigenvalue weighted by Crippen LogP contribution is -2.49. The molecule has 3 nitrogen and oxygen atoms in total. The zero-order valence-corrected chi connectivity index (χ0v) is 12.3. The highest BCUT2D eigenvalue weighted by atomic mass is 16.2. The fourth-order valence-electron chi connectivity index (χ4n) is 3.89. The number of fused-ring (bicyclic) bond motifs is 1. The normalized spacial score (nSPS) is 26.1. The highest BCUT2D eigenvalue weighted by Gasteiger charge is 2.36. The van der Waals surface area contributed by atoms with Gasteiger partial charge in [-0.2, -0.15) is 0 Å². The standard InChI is InChI=1S/C17H24N2O/c1-12-8-9-15(18)14(11-12)17(20)19-10-4-6-13-5-2-3-7-16(13)19/h8-9,11,13,16H,2-7,10,18H2,1H3. The Balaban J connectivity index is 1.87. The molecule has 2 aliphatic rings. The van der Waals surface area contributed by atoms with E-state index in [4.69, 9.17) is 5.73 Å². The third-order valence-corrected chi connectivity index (χ3v) is 4.94. The molecule has 108 valence electrons. The predicted molar refractivity (Wildman–Crippen MR) is 81.6 cm³/mol. The van der Waals surface area contributed by atoms with Crippen LogP contribution in [0.2, 0.25) is 0 Å². The van der Waals surface area contributed by atoms with E-state index in [1.54, 1.807) is 0 Å². The van der Waals surface area contributed by atoms with Crippen molar-refractivity contribution < 1.29 is 4.79 Å². The first-order chi connectivity index (χ1) is 9.66. The second kappa shape index (κ2) is 5.47. The number of rotatable bonds is 1. The lowest BCUT2D eigenvalue weighted by molar-refractivity contribution is 0.0391. The van der Waals surface area contributed by atoms with Gasteiger partial charge in [0, 0.05) is 18.3 Å². The molecule has 1 saturated heterocycles. The molecule has 2 atom stereocenters. The van der Waals surface area contributed by atoms with E-state index >= 15 is 0 Å². The van der Waals surface area contributed by atoms with E-state index < -0.39 is 0 Å². The van der Waals surface area contributed by atoms with E-state index in [2.05, 4.69) is 4.90 Å². The summed E-state index contributed by atoms with van der Waals surface area (Å²) >= 11 is 0. The highest BCUT2D eigenvalue weighted by molar-refractivity contribution is 5.99. The minimum absolute atomic E-state index is 0.141. The van der Waals surface area contributed by atoms with Crippen molar-refractivity contribution in [2.24, 2.45) is 5.92 Å². The number of nitrogen functional groups attached to an aromatic ring is 1. The van der Waals surface area contributed by atoms with Gasteiger partial charge in [0.1, 0.15) is 0 Å². The van der Waals surface area contributed by atoms with E-state index in [1.165, 1.54) is 32.1 Å². The third kappa shape index (κ3) is 2.41. The molecule has 1 aliphatic carbocycles. The van der Waals surface area contributed by atoms with Crippen molar-refractivity contribution in [1.82, 2.24) is 4.90 Å². The molecule has 1 amide bonds. The van der Waals surface area contributed by atoms with E-state index in [0.29, 0.717) is 23.2 Å². The number of nitrogens with zero attached hydrogens (tertiary/aromatic N) is 1. The molecule has 1 aromatic rings. The Kier molecular flexibility index (Phi) is 3.68. The van der Waals surface area contributed by atoms with Crippen molar-refractivity contribution in [3.63, 3.8) is 0 Å². The number of nitrogens with two attached hydrogens (primary N) is 1. The first-order valence-electron chi connectivity index (χ1n) is 7.84. The van der Waals surface area contributed by atoms with Gasteiger partial charge in [-0.15, -0.1) is 0 Å². The Hall–Kier alpha value is -1.51. The maximum atomic E-state index is 12.9. The van der Waals surface area contributed by atoms with Gasteiger partial charge in [0.05, 0.1) is 5.56 Å². The summed E-state index contributed by atoms with van der Waals surface area (Å²) in [5.74, 6) is 0.857. The zero-order chi connectivity index (χ0) is 14.1. The van der Waals surface area contributed by atoms with Crippen LogP contribution in [0.15, 0.2) is 18.2 Å². The number of amides is 1. The van der Waals surface area contributed by atoms with Crippen LogP contribution >= 0.6 is 0 Å². The lowest BCUT2D eigenvalue weighted by Gasteiger charge is -2.44. The number of hydrogen-bond donors (Lipinski definition) is 1. The Morgan fingerprint density at radius 3 is 2.80 bits per heavy atom. The molecule has 1 heterocycles. The zero-order valence-electron chi connectivity index (χ0n) is 12.3. The first-order valence-corrected chi connectivity index (χ1v) is 7.84. The van der Waals surface area contributed by atoms with Crippen molar-refractivity contribution in [1.29, 1.82) is 0 Å². The van der Waals surface area contributed by atoms with Crippen LogP contribution in [-0.2, 0) is 0 Å². The first kappa shape index (κ1) is 13.5. The minimum atomic E-state index is 0.141. The number of aryl methyl sites for hydroxylation is 1. The molecular weight excluding hydrogens is 248 g/mol. The van der Waals surface area contributed by atoms with Crippen LogP contribution in [0.25, 0.3) is 0 Å². The summed E-state index contributed by atoms with van der Waals surface area (Å²) < 4.78 is 0. The van der Waals surface area contributed by atoms with Gasteiger partial charge in [0.25, 0.3) is 5.91 Å². The molecule has 0 aromatic heterocycles. The largest absolute Gasteiger partial charge is 0.398 e. The molecule has 20 heavy (non-hydrogen) atoms. The van der Waals surface area contributed by atoms with Gasteiger partial charge >= 0.3 is 0 Å². The summed E-state index contributed by atoms with van der Waals surface area (Å²) in [6.07, 6.45) is 7.47. The summed E-state index contributed by atoms with van der Waals surface area (Å²) in [6, 6.07) is 6.20. The van der Waals surface area contributed by atoms with Crippen molar-refractivity contribution in [3.8, 4) is 0 Å². The molecule has 2 N–H and O–H groups in total. The molecule has 2 fully saturated rings. The Labute approximate surface area is 121 Å². The van der Waals surface area contributed by atoms with Gasteiger partial charge in [-0.05, 0) is 50.7 Å². The van der Waals surface area contributed by atoms with Gasteiger partial charge < -0.3 is 10.6 Å². The average molecular weight is 272 g/mol. The number of hydrogen-bond acceptors (Lipinski definition) is 2. The smallest absolute Gasteiger partial charge is 0.256 e. The predicted octanol–water partition coefficient (Wildman–Crippen LogP) is 3.37. The van der Waals surface area contributed by atoms with Crippen LogP contribution < -0.4 is 5.73 Å². The van der Waals surface area contributed by atoms with Crippen LogP contribution in [0.1, 0.15) is 54.4 Å². The molecule has 2 unspecified atom stereocenters. The van der Waals surface area contributed by atoms with E-state index in [0.717, 1.165) is 18.5 Å². The van der Waals surface area contributed by atoms with Crippen LogP contribution in [0.3, 0.4) is 0 Å². The Morgan fingerprint density at radius 2 is 1.95 bits per heavy atom. The van der Waals surface area contributed by atoms with Crippen molar-refractivity contribution in [2.75, 3.05) is 12.3 Å². The number of likely N-dealkylation sites (tertiary alicyclic amines) is 1. The SMILES string of the molecule is Cc1ccc(N)c(C(=O)N2CCCC3CCCCC32)c1. The molecule has 1 aromatic carbocycles. The molecule has 3 heteroatoms. The fourth-order valence-corrected chi connectivity index (χ4v) is 3.89. The van der Waals surface area contributed by atoms with Crippen molar-refractivity contribution in [2.45, 2.75) is 51.5 Å². The monoisotopic (exact) mass is 272 g/mol. The van der Waals surface area contributed by atoms with Gasteiger partial charge in [-0.3, -0.25) is 4.79 Å². The fraction of sp³-hybridized carbons (Fsp3) is 0.588. The van der Waals surface area contributed by atoms with Gasteiger partial charge in [0.2, 0.25) is 0 Å².